The van der Waals surface area contributed by atoms with Crippen molar-refractivity contribution in [2.45, 2.75) is 44.2 Å². The number of nitrogens with two attached hydrogens (primary N) is 1. The van der Waals surface area contributed by atoms with Crippen molar-refractivity contribution in [2.24, 2.45) is 5.73 Å². The molecule has 1 saturated carbocycles. The van der Waals surface area contributed by atoms with Crippen LogP contribution in [0.5, 0.6) is 0 Å². The van der Waals surface area contributed by atoms with E-state index in [1.165, 1.54) is 0 Å². The molecule has 0 bridgehead atoms. The van der Waals surface area contributed by atoms with Crippen molar-refractivity contribution in [1.82, 2.24) is 10.6 Å². The molecule has 0 spiro atoms. The Labute approximate surface area is 137 Å². The van der Waals surface area contributed by atoms with Crippen LogP contribution in [-0.4, -0.2) is 24.4 Å². The molecule has 1 aromatic carbocycles. The van der Waals surface area contributed by atoms with Gasteiger partial charge in [0.1, 0.15) is 0 Å². The lowest BCUT2D eigenvalue weighted by Crippen LogP contribution is -2.30. The Morgan fingerprint density at radius 1 is 1.18 bits per heavy atom. The molecule has 6 heteroatoms. The molecule has 22 heavy (non-hydrogen) atoms. The molecule has 1 fully saturated rings. The zero-order chi connectivity index (χ0) is 15.1. The molecule has 4 N–H and O–H groups in total. The molecule has 0 heterocycles. The predicted molar refractivity (Wildman–Crippen MR) is 88.6 cm³/mol. The van der Waals surface area contributed by atoms with Crippen LogP contribution in [0.25, 0.3) is 0 Å². The minimum Gasteiger partial charge on any atom is -0.356 e. The molecule has 0 aromatic heterocycles. The van der Waals surface area contributed by atoms with Crippen LogP contribution in [0.2, 0.25) is 0 Å². The Balaban J connectivity index is 0.00000242. The molecule has 2 amide bonds. The molecule has 1 aliphatic rings. The number of carbonyl (C=O) groups is 2. The molecular formula is C16H24ClN3O2. The van der Waals surface area contributed by atoms with Crippen LogP contribution in [0.3, 0.4) is 0 Å². The summed E-state index contributed by atoms with van der Waals surface area (Å²) >= 11 is 0. The number of hydrogen-bond acceptors (Lipinski definition) is 3. The van der Waals surface area contributed by atoms with Crippen molar-refractivity contribution >= 4 is 24.2 Å². The summed E-state index contributed by atoms with van der Waals surface area (Å²) in [5.74, 6) is 0.00156. The lowest BCUT2D eigenvalue weighted by Gasteiger charge is -2.12. The number of benzene rings is 1. The first kappa shape index (κ1) is 18.5. The van der Waals surface area contributed by atoms with Gasteiger partial charge in [-0.2, -0.15) is 0 Å². The highest BCUT2D eigenvalue weighted by atomic mass is 35.5. The number of rotatable bonds is 8. The van der Waals surface area contributed by atoms with E-state index in [9.17, 15) is 9.59 Å². The van der Waals surface area contributed by atoms with E-state index < -0.39 is 0 Å². The minimum absolute atomic E-state index is 0. The van der Waals surface area contributed by atoms with Gasteiger partial charge in [-0.1, -0.05) is 30.3 Å². The number of hydrogen-bond donors (Lipinski definition) is 3. The van der Waals surface area contributed by atoms with Gasteiger partial charge >= 0.3 is 0 Å². The van der Waals surface area contributed by atoms with E-state index in [1.807, 2.05) is 30.3 Å². The Morgan fingerprint density at radius 2 is 1.86 bits per heavy atom. The van der Waals surface area contributed by atoms with Crippen molar-refractivity contribution in [3.63, 3.8) is 0 Å². The summed E-state index contributed by atoms with van der Waals surface area (Å²) in [4.78, 5) is 23.2. The average Bonchev–Trinajstić information content (AvgIpc) is 3.28. The van der Waals surface area contributed by atoms with Gasteiger partial charge in [0.05, 0.1) is 0 Å². The van der Waals surface area contributed by atoms with Crippen molar-refractivity contribution in [3.05, 3.63) is 35.9 Å². The molecule has 1 aromatic rings. The Bertz CT molecular complexity index is 478. The molecule has 1 atom stereocenters. The topological polar surface area (TPSA) is 84.2 Å². The molecular weight excluding hydrogens is 302 g/mol. The first-order chi connectivity index (χ1) is 10.1. The lowest BCUT2D eigenvalue weighted by atomic mass is 10.0. The van der Waals surface area contributed by atoms with Crippen molar-refractivity contribution in [1.29, 1.82) is 0 Å². The molecule has 0 radical (unpaired) electrons. The van der Waals surface area contributed by atoms with Crippen LogP contribution >= 0.6 is 12.4 Å². The number of amides is 2. The molecule has 0 saturated heterocycles. The Hall–Kier alpha value is -1.59. The van der Waals surface area contributed by atoms with E-state index in [-0.39, 0.29) is 36.7 Å². The normalized spacial score (nSPS) is 14.6. The fraction of sp³-hybridized carbons (Fsp3) is 0.500. The maximum Gasteiger partial charge on any atom is 0.221 e. The van der Waals surface area contributed by atoms with Gasteiger partial charge in [-0.15, -0.1) is 12.4 Å². The second kappa shape index (κ2) is 9.43. The van der Waals surface area contributed by atoms with Crippen molar-refractivity contribution in [2.75, 3.05) is 6.54 Å². The van der Waals surface area contributed by atoms with Crippen molar-refractivity contribution < 1.29 is 9.59 Å². The van der Waals surface area contributed by atoms with Crippen LogP contribution in [0, 0.1) is 0 Å². The van der Waals surface area contributed by atoms with E-state index in [1.54, 1.807) is 0 Å². The summed E-state index contributed by atoms with van der Waals surface area (Å²) in [6.07, 6.45) is 3.57. The van der Waals surface area contributed by atoms with Crippen LogP contribution < -0.4 is 16.4 Å². The predicted octanol–water partition coefficient (Wildman–Crippen LogP) is 1.67. The smallest absolute Gasteiger partial charge is 0.221 e. The fourth-order valence-electron chi connectivity index (χ4n) is 2.09. The van der Waals surface area contributed by atoms with E-state index in [4.69, 9.17) is 5.73 Å². The fourth-order valence-corrected chi connectivity index (χ4v) is 2.09. The van der Waals surface area contributed by atoms with E-state index in [0.717, 1.165) is 18.4 Å². The van der Waals surface area contributed by atoms with Gasteiger partial charge in [0, 0.05) is 31.5 Å². The number of nitrogens with one attached hydrogen (secondary N) is 2. The first-order valence-corrected chi connectivity index (χ1v) is 7.52. The SMILES string of the molecule is Cl.NC(CC(=O)NCCCC(=O)NC1CC1)c1ccccc1. The number of halogens is 1. The van der Waals surface area contributed by atoms with Gasteiger partial charge in [0.2, 0.25) is 11.8 Å². The monoisotopic (exact) mass is 325 g/mol. The summed E-state index contributed by atoms with van der Waals surface area (Å²) in [7, 11) is 0. The van der Waals surface area contributed by atoms with Gasteiger partial charge < -0.3 is 16.4 Å². The maximum absolute atomic E-state index is 11.8. The zero-order valence-corrected chi connectivity index (χ0v) is 13.4. The summed E-state index contributed by atoms with van der Waals surface area (Å²) in [5, 5.41) is 5.73. The Morgan fingerprint density at radius 3 is 2.50 bits per heavy atom. The van der Waals surface area contributed by atoms with E-state index in [2.05, 4.69) is 10.6 Å². The zero-order valence-electron chi connectivity index (χ0n) is 12.6. The maximum atomic E-state index is 11.8. The van der Waals surface area contributed by atoms with Gasteiger partial charge in [0.25, 0.3) is 0 Å². The highest BCUT2D eigenvalue weighted by Gasteiger charge is 2.22. The second-order valence-electron chi connectivity index (χ2n) is 5.52. The molecule has 1 unspecified atom stereocenters. The highest BCUT2D eigenvalue weighted by Crippen LogP contribution is 2.18. The van der Waals surface area contributed by atoms with E-state index in [0.29, 0.717) is 25.4 Å². The van der Waals surface area contributed by atoms with Crippen LogP contribution in [0.1, 0.15) is 43.7 Å². The van der Waals surface area contributed by atoms with Crippen LogP contribution in [0.4, 0.5) is 0 Å². The minimum atomic E-state index is -0.288. The van der Waals surface area contributed by atoms with Gasteiger partial charge in [-0.3, -0.25) is 9.59 Å². The molecule has 1 aliphatic carbocycles. The third kappa shape index (κ3) is 6.91. The summed E-state index contributed by atoms with van der Waals surface area (Å²) in [6, 6.07) is 9.68. The van der Waals surface area contributed by atoms with Gasteiger partial charge in [0.15, 0.2) is 0 Å². The standard InChI is InChI=1S/C16H23N3O2.ClH/c17-14(12-5-2-1-3-6-12)11-16(21)18-10-4-7-15(20)19-13-8-9-13;/h1-3,5-6,13-14H,4,7-11,17H2,(H,18,21)(H,19,20);1H. The average molecular weight is 326 g/mol. The third-order valence-corrected chi connectivity index (χ3v) is 3.48. The van der Waals surface area contributed by atoms with Crippen LogP contribution in [-0.2, 0) is 9.59 Å². The van der Waals surface area contributed by atoms with E-state index >= 15 is 0 Å². The Kier molecular flexibility index (Phi) is 7.91. The lowest BCUT2D eigenvalue weighted by molar-refractivity contribution is -0.123. The molecule has 122 valence electrons. The summed E-state index contributed by atoms with van der Waals surface area (Å²) in [5.41, 5.74) is 6.94. The third-order valence-electron chi connectivity index (χ3n) is 3.48. The van der Waals surface area contributed by atoms with Crippen LogP contribution in [0.15, 0.2) is 30.3 Å². The molecule has 0 aliphatic heterocycles. The molecule has 2 rings (SSSR count). The summed E-state index contributed by atoms with van der Waals surface area (Å²) < 4.78 is 0. The molecule has 5 nitrogen and oxygen atoms in total. The number of carbonyl (C=O) groups excluding carboxylic acids is 2. The van der Waals surface area contributed by atoms with Crippen molar-refractivity contribution in [3.8, 4) is 0 Å². The quantitative estimate of drug-likeness (QED) is 0.636. The highest BCUT2D eigenvalue weighted by molar-refractivity contribution is 5.85. The summed E-state index contributed by atoms with van der Waals surface area (Å²) in [6.45, 7) is 0.512. The largest absolute Gasteiger partial charge is 0.356 e. The van der Waals surface area contributed by atoms with Gasteiger partial charge in [-0.05, 0) is 24.8 Å². The first-order valence-electron chi connectivity index (χ1n) is 7.52. The second-order valence-corrected chi connectivity index (χ2v) is 5.52. The van der Waals surface area contributed by atoms with Gasteiger partial charge in [-0.25, -0.2) is 0 Å².